The van der Waals surface area contributed by atoms with Crippen LogP contribution in [0.2, 0.25) is 0 Å². The van der Waals surface area contributed by atoms with Gasteiger partial charge < -0.3 is 4.98 Å². The zero-order valence-corrected chi connectivity index (χ0v) is 12.2. The number of benzene rings is 1. The smallest absolute Gasteiger partial charge is 0.126 e. The summed E-state index contributed by atoms with van der Waals surface area (Å²) in [7, 11) is 0. The predicted molar refractivity (Wildman–Crippen MR) is 75.1 cm³/mol. The van der Waals surface area contributed by atoms with E-state index in [1.165, 1.54) is 0 Å². The first-order valence-corrected chi connectivity index (χ1v) is 6.48. The summed E-state index contributed by atoms with van der Waals surface area (Å²) < 4.78 is 1.00. The Morgan fingerprint density at radius 1 is 1.33 bits per heavy atom. The summed E-state index contributed by atoms with van der Waals surface area (Å²) in [5.74, 6) is 0.702. The molecule has 3 nitrogen and oxygen atoms in total. The lowest BCUT2D eigenvalue weighted by atomic mass is 9.95. The first kappa shape index (κ1) is 12.8. The molecule has 0 fully saturated rings. The van der Waals surface area contributed by atoms with Crippen molar-refractivity contribution in [2.75, 3.05) is 0 Å². The number of nitrogens with one attached hydrogen (secondary N) is 1. The molecular weight excluding hydrogens is 290 g/mol. The Balaban J connectivity index is 2.56. The molecule has 0 spiro atoms. The topological polar surface area (TPSA) is 52.5 Å². The SMILES string of the molecule is Cc1[nH]c(C(C)(C)C#N)nc1-c1ccccc1Br. The summed E-state index contributed by atoms with van der Waals surface area (Å²) in [6, 6.07) is 10.2. The van der Waals surface area contributed by atoms with Gasteiger partial charge in [0.15, 0.2) is 0 Å². The van der Waals surface area contributed by atoms with Crippen molar-refractivity contribution in [3.63, 3.8) is 0 Å². The van der Waals surface area contributed by atoms with Crippen LogP contribution in [-0.2, 0) is 5.41 Å². The molecule has 0 aliphatic carbocycles. The van der Waals surface area contributed by atoms with Crippen LogP contribution in [0.25, 0.3) is 11.3 Å². The van der Waals surface area contributed by atoms with Crippen LogP contribution in [0.3, 0.4) is 0 Å². The molecule has 0 bridgehead atoms. The lowest BCUT2D eigenvalue weighted by Crippen LogP contribution is -2.15. The van der Waals surface area contributed by atoms with E-state index in [0.29, 0.717) is 5.82 Å². The molecule has 1 N–H and O–H groups in total. The molecule has 2 aromatic rings. The number of hydrogen-bond donors (Lipinski definition) is 1. The Morgan fingerprint density at radius 3 is 2.61 bits per heavy atom. The lowest BCUT2D eigenvalue weighted by Gasteiger charge is -2.10. The summed E-state index contributed by atoms with van der Waals surface area (Å²) in [6.07, 6.45) is 0. The van der Waals surface area contributed by atoms with Gasteiger partial charge in [0.1, 0.15) is 11.2 Å². The zero-order chi connectivity index (χ0) is 13.3. The number of rotatable bonds is 2. The number of imidazole rings is 1. The van der Waals surface area contributed by atoms with Gasteiger partial charge in [-0.15, -0.1) is 0 Å². The molecule has 0 unspecified atom stereocenters. The van der Waals surface area contributed by atoms with Gasteiger partial charge in [-0.25, -0.2) is 4.98 Å². The summed E-state index contributed by atoms with van der Waals surface area (Å²) in [5, 5.41) is 9.15. The highest BCUT2D eigenvalue weighted by atomic mass is 79.9. The van der Waals surface area contributed by atoms with E-state index in [0.717, 1.165) is 21.4 Å². The summed E-state index contributed by atoms with van der Waals surface area (Å²) >= 11 is 3.53. The van der Waals surface area contributed by atoms with Crippen LogP contribution < -0.4 is 0 Å². The van der Waals surface area contributed by atoms with Crippen LogP contribution in [0.1, 0.15) is 25.4 Å². The van der Waals surface area contributed by atoms with E-state index in [2.05, 4.69) is 32.0 Å². The van der Waals surface area contributed by atoms with Crippen molar-refractivity contribution in [2.45, 2.75) is 26.2 Å². The van der Waals surface area contributed by atoms with Gasteiger partial charge in [-0.2, -0.15) is 5.26 Å². The lowest BCUT2D eigenvalue weighted by molar-refractivity contribution is 0.638. The minimum atomic E-state index is -0.607. The number of nitriles is 1. The van der Waals surface area contributed by atoms with Gasteiger partial charge in [0.05, 0.1) is 11.8 Å². The highest BCUT2D eigenvalue weighted by Gasteiger charge is 2.25. The molecule has 2 rings (SSSR count). The third-order valence-corrected chi connectivity index (χ3v) is 3.58. The maximum atomic E-state index is 9.15. The van der Waals surface area contributed by atoms with Gasteiger partial charge in [0.2, 0.25) is 0 Å². The second kappa shape index (κ2) is 4.58. The number of aryl methyl sites for hydroxylation is 1. The van der Waals surface area contributed by atoms with Gasteiger partial charge in [0.25, 0.3) is 0 Å². The molecule has 0 amide bonds. The molecule has 0 atom stereocenters. The van der Waals surface area contributed by atoms with Crippen molar-refractivity contribution >= 4 is 15.9 Å². The average molecular weight is 304 g/mol. The molecule has 0 aliphatic rings. The maximum Gasteiger partial charge on any atom is 0.126 e. The van der Waals surface area contributed by atoms with Crippen LogP contribution >= 0.6 is 15.9 Å². The maximum absolute atomic E-state index is 9.15. The minimum absolute atomic E-state index is 0.607. The van der Waals surface area contributed by atoms with Gasteiger partial charge in [-0.05, 0) is 26.8 Å². The molecule has 0 radical (unpaired) electrons. The fraction of sp³-hybridized carbons (Fsp3) is 0.286. The Hall–Kier alpha value is -1.60. The standard InChI is InChI=1S/C14H14BrN3/c1-9-12(10-6-4-5-7-11(10)15)18-13(17-9)14(2,3)8-16/h4-7H,1-3H3,(H,17,18). The van der Waals surface area contributed by atoms with Gasteiger partial charge in [-0.1, -0.05) is 34.1 Å². The van der Waals surface area contributed by atoms with Gasteiger partial charge in [0, 0.05) is 15.7 Å². The second-order valence-electron chi connectivity index (χ2n) is 4.78. The van der Waals surface area contributed by atoms with Crippen LogP contribution in [0.5, 0.6) is 0 Å². The Kier molecular flexibility index (Phi) is 3.27. The largest absolute Gasteiger partial charge is 0.344 e. The molecular formula is C14H14BrN3. The first-order valence-electron chi connectivity index (χ1n) is 5.69. The van der Waals surface area contributed by atoms with E-state index in [4.69, 9.17) is 5.26 Å². The third-order valence-electron chi connectivity index (χ3n) is 2.89. The van der Waals surface area contributed by atoms with Crippen molar-refractivity contribution in [3.8, 4) is 17.3 Å². The van der Waals surface area contributed by atoms with E-state index in [-0.39, 0.29) is 0 Å². The van der Waals surface area contributed by atoms with E-state index in [9.17, 15) is 0 Å². The number of H-pyrrole nitrogens is 1. The fourth-order valence-electron chi connectivity index (χ4n) is 1.72. The quantitative estimate of drug-likeness (QED) is 0.913. The molecule has 0 aliphatic heterocycles. The Bertz CT molecular complexity index is 620. The molecule has 1 heterocycles. The summed E-state index contributed by atoms with van der Waals surface area (Å²) in [4.78, 5) is 7.78. The second-order valence-corrected chi connectivity index (χ2v) is 5.63. The van der Waals surface area contributed by atoms with Crippen molar-refractivity contribution < 1.29 is 0 Å². The highest BCUT2D eigenvalue weighted by molar-refractivity contribution is 9.10. The number of aromatic nitrogens is 2. The summed E-state index contributed by atoms with van der Waals surface area (Å²) in [5.41, 5.74) is 2.29. The van der Waals surface area contributed by atoms with Gasteiger partial charge in [-0.3, -0.25) is 0 Å². The monoisotopic (exact) mass is 303 g/mol. The molecule has 4 heteroatoms. The number of nitrogens with zero attached hydrogens (tertiary/aromatic N) is 2. The molecule has 1 aromatic heterocycles. The van der Waals surface area contributed by atoms with Crippen LogP contribution in [0, 0.1) is 18.3 Å². The fourth-order valence-corrected chi connectivity index (χ4v) is 2.20. The van der Waals surface area contributed by atoms with E-state index in [1.54, 1.807) is 0 Å². The third kappa shape index (κ3) is 2.19. The van der Waals surface area contributed by atoms with E-state index >= 15 is 0 Å². The summed E-state index contributed by atoms with van der Waals surface area (Å²) in [6.45, 7) is 5.68. The average Bonchev–Trinajstić information content (AvgIpc) is 2.73. The predicted octanol–water partition coefficient (Wildman–Crippen LogP) is 3.95. The molecule has 0 saturated heterocycles. The number of aromatic amines is 1. The van der Waals surface area contributed by atoms with Crippen molar-refractivity contribution in [1.29, 1.82) is 5.26 Å². The van der Waals surface area contributed by atoms with E-state index < -0.39 is 5.41 Å². The van der Waals surface area contributed by atoms with Crippen LogP contribution in [-0.4, -0.2) is 9.97 Å². The van der Waals surface area contributed by atoms with Crippen molar-refractivity contribution in [1.82, 2.24) is 9.97 Å². The van der Waals surface area contributed by atoms with Crippen molar-refractivity contribution in [2.24, 2.45) is 0 Å². The van der Waals surface area contributed by atoms with Crippen molar-refractivity contribution in [3.05, 3.63) is 40.3 Å². The normalized spacial score (nSPS) is 11.3. The Morgan fingerprint density at radius 2 is 2.00 bits per heavy atom. The molecule has 0 saturated carbocycles. The molecule has 18 heavy (non-hydrogen) atoms. The zero-order valence-electron chi connectivity index (χ0n) is 10.6. The van der Waals surface area contributed by atoms with Crippen LogP contribution in [0.15, 0.2) is 28.7 Å². The first-order chi connectivity index (χ1) is 8.45. The number of halogens is 1. The van der Waals surface area contributed by atoms with Crippen LogP contribution in [0.4, 0.5) is 0 Å². The Labute approximate surface area is 115 Å². The minimum Gasteiger partial charge on any atom is -0.344 e. The molecule has 1 aromatic carbocycles. The number of hydrogen-bond acceptors (Lipinski definition) is 2. The highest BCUT2D eigenvalue weighted by Crippen LogP contribution is 2.31. The molecule has 92 valence electrons. The van der Waals surface area contributed by atoms with E-state index in [1.807, 2.05) is 45.0 Å². The van der Waals surface area contributed by atoms with Gasteiger partial charge >= 0.3 is 0 Å².